The van der Waals surface area contributed by atoms with Gasteiger partial charge in [0, 0.05) is 42.9 Å². The number of fused-ring (bicyclic) bond motifs is 2. The lowest BCUT2D eigenvalue weighted by atomic mass is 10.1. The van der Waals surface area contributed by atoms with Gasteiger partial charge in [-0.1, -0.05) is 24.6 Å². The summed E-state index contributed by atoms with van der Waals surface area (Å²) < 4.78 is 2.24. The lowest BCUT2D eigenvalue weighted by Crippen LogP contribution is -2.27. The number of nitrogens with one attached hydrogen (secondary N) is 1. The Morgan fingerprint density at radius 3 is 2.93 bits per heavy atom. The van der Waals surface area contributed by atoms with Gasteiger partial charge in [-0.05, 0) is 37.8 Å². The zero-order valence-electron chi connectivity index (χ0n) is 16.0. The van der Waals surface area contributed by atoms with Crippen LogP contribution in [0.25, 0.3) is 10.9 Å². The van der Waals surface area contributed by atoms with Crippen molar-refractivity contribution in [2.45, 2.75) is 57.4 Å². The van der Waals surface area contributed by atoms with Crippen molar-refractivity contribution in [3.63, 3.8) is 0 Å². The first-order valence-corrected chi connectivity index (χ1v) is 10.4. The molecule has 1 aliphatic carbocycles. The number of benzene rings is 1. The summed E-state index contributed by atoms with van der Waals surface area (Å²) in [5.74, 6) is 2.56. The van der Waals surface area contributed by atoms with Crippen LogP contribution in [0.15, 0.2) is 30.3 Å². The largest absolute Gasteiger partial charge is 0.352 e. The van der Waals surface area contributed by atoms with Crippen molar-refractivity contribution in [2.75, 3.05) is 6.54 Å². The molecule has 5 rings (SSSR count). The average Bonchev–Trinajstić information content (AvgIpc) is 3.53. The summed E-state index contributed by atoms with van der Waals surface area (Å²) in [6.07, 6.45) is 7.67. The minimum atomic E-state index is -0.0314. The van der Waals surface area contributed by atoms with E-state index in [1.165, 1.54) is 32.1 Å². The van der Waals surface area contributed by atoms with Crippen molar-refractivity contribution < 1.29 is 4.79 Å². The molecule has 1 amide bonds. The number of aryl methyl sites for hydroxylation is 1. The Balaban J connectivity index is 1.32. The van der Waals surface area contributed by atoms with E-state index in [0.717, 1.165) is 46.8 Å². The topological polar surface area (TPSA) is 72.7 Å². The van der Waals surface area contributed by atoms with Crippen LogP contribution >= 0.6 is 0 Å². The third-order valence-corrected chi connectivity index (χ3v) is 5.80. The third kappa shape index (κ3) is 3.39. The monoisotopic (exact) mass is 375 g/mol. The van der Waals surface area contributed by atoms with E-state index in [9.17, 15) is 4.79 Å². The van der Waals surface area contributed by atoms with Crippen molar-refractivity contribution in [1.29, 1.82) is 0 Å². The Hall–Kier alpha value is -2.76. The van der Waals surface area contributed by atoms with Gasteiger partial charge in [0.2, 0.25) is 0 Å². The molecule has 2 aliphatic rings. The Kier molecular flexibility index (Phi) is 4.55. The first-order valence-electron chi connectivity index (χ1n) is 10.4. The van der Waals surface area contributed by atoms with Gasteiger partial charge in [0.15, 0.2) is 0 Å². The van der Waals surface area contributed by atoms with Crippen molar-refractivity contribution in [2.24, 2.45) is 0 Å². The maximum absolute atomic E-state index is 12.9. The third-order valence-electron chi connectivity index (χ3n) is 5.80. The van der Waals surface area contributed by atoms with E-state index in [0.29, 0.717) is 18.9 Å². The molecule has 1 saturated carbocycles. The van der Waals surface area contributed by atoms with Gasteiger partial charge in [0.25, 0.3) is 5.91 Å². The van der Waals surface area contributed by atoms with Crippen LogP contribution in [-0.2, 0) is 19.4 Å². The van der Waals surface area contributed by atoms with Gasteiger partial charge in [-0.2, -0.15) is 0 Å². The quantitative estimate of drug-likeness (QED) is 0.742. The van der Waals surface area contributed by atoms with Gasteiger partial charge < -0.3 is 9.88 Å². The highest BCUT2D eigenvalue weighted by Gasteiger charge is 2.27. The number of amides is 1. The lowest BCUT2D eigenvalue weighted by Gasteiger charge is -2.11. The van der Waals surface area contributed by atoms with E-state index in [1.807, 2.05) is 30.3 Å². The first-order chi connectivity index (χ1) is 13.8. The van der Waals surface area contributed by atoms with Crippen LogP contribution in [0.5, 0.6) is 0 Å². The number of hydrogen-bond acceptors (Lipinski definition) is 4. The predicted molar refractivity (Wildman–Crippen MR) is 107 cm³/mol. The van der Waals surface area contributed by atoms with Gasteiger partial charge >= 0.3 is 0 Å². The zero-order valence-corrected chi connectivity index (χ0v) is 16.0. The van der Waals surface area contributed by atoms with Crippen LogP contribution in [0.4, 0.5) is 0 Å². The molecule has 0 spiro atoms. The highest BCUT2D eigenvalue weighted by molar-refractivity contribution is 6.06. The molecule has 144 valence electrons. The van der Waals surface area contributed by atoms with E-state index in [-0.39, 0.29) is 5.91 Å². The van der Waals surface area contributed by atoms with E-state index < -0.39 is 0 Å². The number of hydrogen-bond donors (Lipinski definition) is 1. The molecule has 6 heteroatoms. The number of carbonyl (C=O) groups excluding carboxylic acids is 1. The maximum Gasteiger partial charge on any atom is 0.252 e. The predicted octanol–water partition coefficient (Wildman–Crippen LogP) is 3.40. The Labute approximate surface area is 164 Å². The highest BCUT2D eigenvalue weighted by atomic mass is 16.1. The fraction of sp³-hybridized carbons (Fsp3) is 0.455. The van der Waals surface area contributed by atoms with Crippen molar-refractivity contribution in [3.05, 3.63) is 53.2 Å². The summed E-state index contributed by atoms with van der Waals surface area (Å²) in [5.41, 5.74) is 2.68. The minimum Gasteiger partial charge on any atom is -0.352 e. The van der Waals surface area contributed by atoms with E-state index in [1.54, 1.807) is 0 Å². The van der Waals surface area contributed by atoms with Crippen molar-refractivity contribution in [3.8, 4) is 0 Å². The molecule has 0 unspecified atom stereocenters. The van der Waals surface area contributed by atoms with Gasteiger partial charge in [0.05, 0.1) is 11.1 Å². The number of aromatic nitrogens is 4. The molecule has 28 heavy (non-hydrogen) atoms. The fourth-order valence-electron chi connectivity index (χ4n) is 4.09. The molecular weight excluding hydrogens is 350 g/mol. The minimum absolute atomic E-state index is 0.0314. The van der Waals surface area contributed by atoms with Crippen LogP contribution in [0.2, 0.25) is 0 Å². The lowest BCUT2D eigenvalue weighted by molar-refractivity contribution is 0.0955. The van der Waals surface area contributed by atoms with Crippen molar-refractivity contribution >= 4 is 16.8 Å². The molecule has 1 fully saturated rings. The van der Waals surface area contributed by atoms with Gasteiger partial charge in [-0.3, -0.25) is 9.78 Å². The average molecular weight is 375 g/mol. The van der Waals surface area contributed by atoms with Crippen LogP contribution in [0.1, 0.15) is 65.7 Å². The molecule has 1 aromatic carbocycles. The van der Waals surface area contributed by atoms with Crippen LogP contribution in [0, 0.1) is 0 Å². The number of carbonyl (C=O) groups is 1. The summed E-state index contributed by atoms with van der Waals surface area (Å²) >= 11 is 0. The normalized spacial score (nSPS) is 16.6. The zero-order chi connectivity index (χ0) is 18.9. The molecule has 6 nitrogen and oxygen atoms in total. The van der Waals surface area contributed by atoms with Crippen molar-refractivity contribution in [1.82, 2.24) is 25.1 Å². The van der Waals surface area contributed by atoms with Gasteiger partial charge in [-0.25, -0.2) is 0 Å². The number of pyridine rings is 1. The van der Waals surface area contributed by atoms with Gasteiger partial charge in [-0.15, -0.1) is 10.2 Å². The summed E-state index contributed by atoms with van der Waals surface area (Å²) in [4.78, 5) is 17.7. The first kappa shape index (κ1) is 17.3. The summed E-state index contributed by atoms with van der Waals surface area (Å²) in [7, 11) is 0. The Bertz CT molecular complexity index is 1020. The van der Waals surface area contributed by atoms with Crippen LogP contribution in [0.3, 0.4) is 0 Å². The second kappa shape index (κ2) is 7.34. The number of rotatable bonds is 5. The van der Waals surface area contributed by atoms with Gasteiger partial charge in [0.1, 0.15) is 11.6 Å². The molecule has 0 bridgehead atoms. The maximum atomic E-state index is 12.9. The molecular formula is C22H25N5O. The molecule has 0 saturated heterocycles. The standard InChI is InChI=1S/C22H25N5O/c28-22(23-12-11-21-26-25-20-8-2-1-5-13-27(20)21)17-14-19(15-9-10-15)24-18-7-4-3-6-16(17)18/h3-4,6-7,14-15H,1-2,5,8-13H2,(H,23,28). The van der Waals surface area contributed by atoms with Crippen LogP contribution < -0.4 is 5.32 Å². The van der Waals surface area contributed by atoms with E-state index >= 15 is 0 Å². The fourth-order valence-corrected chi connectivity index (χ4v) is 4.09. The highest BCUT2D eigenvalue weighted by Crippen LogP contribution is 2.40. The smallest absolute Gasteiger partial charge is 0.252 e. The molecule has 0 radical (unpaired) electrons. The second-order valence-electron chi connectivity index (χ2n) is 7.89. The molecule has 1 aliphatic heterocycles. The molecule has 2 aromatic heterocycles. The van der Waals surface area contributed by atoms with E-state index in [2.05, 4.69) is 20.1 Å². The second-order valence-corrected chi connectivity index (χ2v) is 7.89. The van der Waals surface area contributed by atoms with Crippen LogP contribution in [-0.4, -0.2) is 32.2 Å². The SMILES string of the molecule is O=C(NCCc1nnc2n1CCCCC2)c1cc(C2CC2)nc2ccccc12. The molecule has 1 N–H and O–H groups in total. The Morgan fingerprint density at radius 1 is 1.14 bits per heavy atom. The number of nitrogens with zero attached hydrogens (tertiary/aromatic N) is 4. The summed E-state index contributed by atoms with van der Waals surface area (Å²) in [5, 5.41) is 12.7. The Morgan fingerprint density at radius 2 is 2.04 bits per heavy atom. The van der Waals surface area contributed by atoms with E-state index in [4.69, 9.17) is 4.98 Å². The summed E-state index contributed by atoms with van der Waals surface area (Å²) in [6, 6.07) is 9.89. The molecule has 3 aromatic rings. The molecule has 0 atom stereocenters. The number of para-hydroxylation sites is 1. The molecule has 3 heterocycles. The summed E-state index contributed by atoms with van der Waals surface area (Å²) in [6.45, 7) is 1.55.